The molecule has 2 rings (SSSR count). The lowest BCUT2D eigenvalue weighted by Crippen LogP contribution is -2.22. The van der Waals surface area contributed by atoms with Gasteiger partial charge < -0.3 is 30.7 Å². The summed E-state index contributed by atoms with van der Waals surface area (Å²) in [4.78, 5) is 70.4. The van der Waals surface area contributed by atoms with Crippen LogP contribution in [0, 0.1) is 25.7 Å². The van der Waals surface area contributed by atoms with Gasteiger partial charge in [-0.3, -0.25) is 19.2 Å². The van der Waals surface area contributed by atoms with Crippen LogP contribution in [0.1, 0.15) is 77.2 Å². The zero-order valence-corrected chi connectivity index (χ0v) is 30.4. The molecule has 2 aromatic heterocycles. The van der Waals surface area contributed by atoms with E-state index < -0.39 is 0 Å². The van der Waals surface area contributed by atoms with Crippen LogP contribution in [0.3, 0.4) is 0 Å². The number of ether oxygens (including phenoxy) is 2. The fourth-order valence-electron chi connectivity index (χ4n) is 3.91. The second-order valence-corrected chi connectivity index (χ2v) is 13.8. The molecule has 0 saturated heterocycles. The maximum atomic E-state index is 12.3. The minimum Gasteiger partial charge on any atom is -0.465 e. The SMILES string of the molecule is C/C(=C(\CCOC(=O)C(C)C)SS/C(CCOC(=O)C(C)C)=C(/C)N(C=O)Cc1cnc(C)nc1N)N(C=O)Cc1cnc(C)nc1N. The normalized spacial score (nSPS) is 12.3. The fourth-order valence-corrected chi connectivity index (χ4v) is 6.75. The minimum atomic E-state index is -0.342. The first-order chi connectivity index (χ1) is 22.7. The average molecular weight is 703 g/mol. The largest absolute Gasteiger partial charge is 0.465 e. The molecule has 0 aliphatic heterocycles. The number of hydrogen-bond donors (Lipinski definition) is 2. The highest BCUT2D eigenvalue weighted by atomic mass is 33.1. The van der Waals surface area contributed by atoms with Gasteiger partial charge in [-0.15, -0.1) is 0 Å². The molecule has 262 valence electrons. The van der Waals surface area contributed by atoms with Crippen molar-refractivity contribution >= 4 is 58.0 Å². The second kappa shape index (κ2) is 19.6. The van der Waals surface area contributed by atoms with Gasteiger partial charge in [0.1, 0.15) is 23.3 Å². The lowest BCUT2D eigenvalue weighted by atomic mass is 10.2. The number of rotatable bonds is 19. The van der Waals surface area contributed by atoms with Gasteiger partial charge in [0.2, 0.25) is 12.8 Å². The quantitative estimate of drug-likeness (QED) is 0.116. The lowest BCUT2D eigenvalue weighted by molar-refractivity contribution is -0.148. The van der Waals surface area contributed by atoms with Gasteiger partial charge in [-0.1, -0.05) is 49.3 Å². The highest BCUT2D eigenvalue weighted by Gasteiger charge is 2.20. The van der Waals surface area contributed by atoms with Crippen molar-refractivity contribution in [2.45, 2.75) is 81.3 Å². The lowest BCUT2D eigenvalue weighted by Gasteiger charge is -2.24. The molecule has 0 atom stereocenters. The molecule has 16 heteroatoms. The Hall–Kier alpha value is -4.18. The van der Waals surface area contributed by atoms with Crippen molar-refractivity contribution in [3.63, 3.8) is 0 Å². The maximum absolute atomic E-state index is 12.3. The Kier molecular flexibility index (Phi) is 16.3. The Morgan fingerprint density at radius 2 is 1.10 bits per heavy atom. The van der Waals surface area contributed by atoms with E-state index in [4.69, 9.17) is 20.9 Å². The summed E-state index contributed by atoms with van der Waals surface area (Å²) in [5.41, 5.74) is 14.6. The number of amides is 2. The Morgan fingerprint density at radius 3 is 1.40 bits per heavy atom. The first kappa shape index (κ1) is 40.0. The predicted molar refractivity (Wildman–Crippen MR) is 187 cm³/mol. The molecule has 4 N–H and O–H groups in total. The highest BCUT2D eigenvalue weighted by molar-refractivity contribution is 8.79. The number of aromatic nitrogens is 4. The van der Waals surface area contributed by atoms with E-state index in [9.17, 15) is 19.2 Å². The minimum absolute atomic E-state index is 0.0803. The Balaban J connectivity index is 2.47. The molecular weight excluding hydrogens is 657 g/mol. The number of nitrogen functional groups attached to an aromatic ring is 2. The van der Waals surface area contributed by atoms with Crippen LogP contribution in [-0.2, 0) is 41.7 Å². The third-order valence-electron chi connectivity index (χ3n) is 6.97. The molecule has 0 spiro atoms. The topological polar surface area (TPSA) is 197 Å². The third kappa shape index (κ3) is 12.4. The summed E-state index contributed by atoms with van der Waals surface area (Å²) in [5, 5.41) is 0. The van der Waals surface area contributed by atoms with Crippen LogP contribution in [0.4, 0.5) is 11.6 Å². The molecule has 0 bridgehead atoms. The Labute approximate surface area is 289 Å². The van der Waals surface area contributed by atoms with Gasteiger partial charge in [0.05, 0.1) is 38.1 Å². The summed E-state index contributed by atoms with van der Waals surface area (Å²) in [6, 6.07) is 0. The highest BCUT2D eigenvalue weighted by Crippen LogP contribution is 2.43. The molecule has 48 heavy (non-hydrogen) atoms. The molecule has 0 aromatic carbocycles. The van der Waals surface area contributed by atoms with Gasteiger partial charge in [-0.25, -0.2) is 19.9 Å². The zero-order chi connectivity index (χ0) is 36.0. The van der Waals surface area contributed by atoms with E-state index in [-0.39, 0.29) is 61.7 Å². The summed E-state index contributed by atoms with van der Waals surface area (Å²) < 4.78 is 10.9. The number of allylic oxidation sites excluding steroid dienone is 2. The van der Waals surface area contributed by atoms with E-state index in [1.165, 1.54) is 31.4 Å². The first-order valence-corrected chi connectivity index (χ1v) is 17.5. The van der Waals surface area contributed by atoms with Crippen molar-refractivity contribution in [2.75, 3.05) is 24.7 Å². The molecule has 0 radical (unpaired) electrons. The summed E-state index contributed by atoms with van der Waals surface area (Å²) >= 11 is 0. The summed E-state index contributed by atoms with van der Waals surface area (Å²) in [5.74, 6) is 0.266. The number of carbonyl (C=O) groups excluding carboxylic acids is 4. The Morgan fingerprint density at radius 1 is 0.750 bits per heavy atom. The standard InChI is InChI=1S/C32H46N8O6S2/c1-19(2)31(43)45-11-9-27(21(5)39(17-41)15-25-13-35-23(7)37-29(25)33)47-48-28(10-12-46-32(44)20(3)4)22(6)40(18-42)16-26-14-36-24(8)38-30(26)34/h13-14,17-20H,9-12,15-16H2,1-8H3,(H2,33,35,37)(H2,34,36,38)/b27-21-,28-22-. The third-order valence-corrected chi connectivity index (χ3v) is 9.92. The van der Waals surface area contributed by atoms with Crippen LogP contribution in [-0.4, -0.2) is 67.7 Å². The summed E-state index contributed by atoms with van der Waals surface area (Å²) in [7, 11) is 2.69. The molecule has 14 nitrogen and oxygen atoms in total. The number of nitrogens with zero attached hydrogens (tertiary/aromatic N) is 6. The number of carbonyl (C=O) groups is 4. The van der Waals surface area contributed by atoms with Crippen molar-refractivity contribution < 1.29 is 28.7 Å². The molecular formula is C32H46N8O6S2. The van der Waals surface area contributed by atoms with Crippen LogP contribution < -0.4 is 11.5 Å². The number of aryl methyl sites for hydroxylation is 2. The van der Waals surface area contributed by atoms with Gasteiger partial charge in [-0.2, -0.15) is 0 Å². The number of hydrogen-bond acceptors (Lipinski definition) is 14. The molecule has 0 fully saturated rings. The van der Waals surface area contributed by atoms with Crippen LogP contribution in [0.15, 0.2) is 33.6 Å². The molecule has 2 heterocycles. The van der Waals surface area contributed by atoms with Crippen molar-refractivity contribution in [1.82, 2.24) is 29.7 Å². The van der Waals surface area contributed by atoms with E-state index >= 15 is 0 Å². The van der Waals surface area contributed by atoms with Gasteiger partial charge in [0.25, 0.3) is 0 Å². The van der Waals surface area contributed by atoms with Gasteiger partial charge in [-0.05, 0) is 27.7 Å². The first-order valence-electron chi connectivity index (χ1n) is 15.3. The predicted octanol–water partition coefficient (Wildman–Crippen LogP) is 4.69. The number of esters is 2. The van der Waals surface area contributed by atoms with Gasteiger partial charge in [0.15, 0.2) is 0 Å². The van der Waals surface area contributed by atoms with E-state index in [0.717, 1.165) is 9.81 Å². The number of nitrogens with two attached hydrogens (primary N) is 2. The van der Waals surface area contributed by atoms with Crippen molar-refractivity contribution in [1.29, 1.82) is 0 Å². The molecule has 0 saturated carbocycles. The van der Waals surface area contributed by atoms with Crippen LogP contribution >= 0.6 is 21.6 Å². The number of anilines is 2. The van der Waals surface area contributed by atoms with Gasteiger partial charge >= 0.3 is 11.9 Å². The smallest absolute Gasteiger partial charge is 0.308 e. The Bertz CT molecular complexity index is 1400. The van der Waals surface area contributed by atoms with Crippen molar-refractivity contribution in [2.24, 2.45) is 11.8 Å². The van der Waals surface area contributed by atoms with Crippen molar-refractivity contribution in [3.05, 3.63) is 56.4 Å². The molecule has 0 aliphatic rings. The van der Waals surface area contributed by atoms with Crippen LogP contribution in [0.5, 0.6) is 0 Å². The monoisotopic (exact) mass is 702 g/mol. The summed E-state index contributed by atoms with van der Waals surface area (Å²) in [6.07, 6.45) is 5.14. The van der Waals surface area contributed by atoms with E-state index in [1.807, 2.05) is 0 Å². The zero-order valence-electron chi connectivity index (χ0n) is 28.8. The maximum Gasteiger partial charge on any atom is 0.308 e. The van der Waals surface area contributed by atoms with E-state index in [2.05, 4.69) is 19.9 Å². The van der Waals surface area contributed by atoms with Crippen LogP contribution in [0.2, 0.25) is 0 Å². The summed E-state index contributed by atoms with van der Waals surface area (Å²) in [6.45, 7) is 14.4. The molecule has 2 amide bonds. The fraction of sp³-hybridized carbons (Fsp3) is 0.500. The second-order valence-electron chi connectivity index (χ2n) is 11.5. The van der Waals surface area contributed by atoms with E-state index in [1.54, 1.807) is 67.8 Å². The van der Waals surface area contributed by atoms with E-state index in [0.29, 0.717) is 59.8 Å². The van der Waals surface area contributed by atoms with Crippen molar-refractivity contribution in [3.8, 4) is 0 Å². The average Bonchev–Trinajstić information content (AvgIpc) is 3.03. The van der Waals surface area contributed by atoms with Crippen LogP contribution in [0.25, 0.3) is 0 Å². The molecule has 2 aromatic rings. The molecule has 0 unspecified atom stereocenters. The van der Waals surface area contributed by atoms with Gasteiger partial charge in [0, 0.05) is 57.6 Å². The molecule has 0 aliphatic carbocycles.